The van der Waals surface area contributed by atoms with Crippen molar-refractivity contribution in [3.8, 4) is 17.2 Å². The first-order valence-corrected chi connectivity index (χ1v) is 8.61. The van der Waals surface area contributed by atoms with Gasteiger partial charge in [0.1, 0.15) is 6.33 Å². The van der Waals surface area contributed by atoms with Crippen LogP contribution in [0.3, 0.4) is 0 Å². The zero-order chi connectivity index (χ0) is 19.2. The zero-order valence-electron chi connectivity index (χ0n) is 14.8. The summed E-state index contributed by atoms with van der Waals surface area (Å²) in [4.78, 5) is 12.7. The van der Waals surface area contributed by atoms with E-state index in [0.717, 1.165) is 5.56 Å². The molecule has 1 aromatic heterocycles. The van der Waals surface area contributed by atoms with Crippen molar-refractivity contribution >= 4 is 17.5 Å². The second kappa shape index (κ2) is 8.50. The quantitative estimate of drug-likeness (QED) is 0.670. The van der Waals surface area contributed by atoms with Gasteiger partial charge >= 0.3 is 0 Å². The van der Waals surface area contributed by atoms with E-state index in [9.17, 15) is 4.79 Å². The van der Waals surface area contributed by atoms with Gasteiger partial charge in [0.05, 0.1) is 25.0 Å². The predicted molar refractivity (Wildman–Crippen MR) is 99.5 cm³/mol. The van der Waals surface area contributed by atoms with Crippen LogP contribution in [0.4, 0.5) is 0 Å². The number of hydrogen-bond donors (Lipinski definition) is 1. The summed E-state index contributed by atoms with van der Waals surface area (Å²) in [6.07, 6.45) is 1.41. The third-order valence-electron chi connectivity index (χ3n) is 3.78. The molecule has 0 saturated carbocycles. The molecule has 1 heterocycles. The van der Waals surface area contributed by atoms with E-state index in [1.807, 2.05) is 25.1 Å². The Morgan fingerprint density at radius 3 is 2.78 bits per heavy atom. The monoisotopic (exact) mass is 387 g/mol. The average Bonchev–Trinajstić information content (AvgIpc) is 3.21. The van der Waals surface area contributed by atoms with Gasteiger partial charge in [-0.3, -0.25) is 4.79 Å². The Morgan fingerprint density at radius 1 is 1.22 bits per heavy atom. The normalized spacial score (nSPS) is 10.5. The maximum absolute atomic E-state index is 12.7. The summed E-state index contributed by atoms with van der Waals surface area (Å²) in [5.41, 5.74) is 1.77. The fourth-order valence-electron chi connectivity index (χ4n) is 2.54. The number of hydrogen-bond acceptors (Lipinski definition) is 6. The van der Waals surface area contributed by atoms with E-state index in [4.69, 9.17) is 21.1 Å². The lowest BCUT2D eigenvalue weighted by Crippen LogP contribution is -2.24. The molecule has 0 aliphatic rings. The first-order valence-electron chi connectivity index (χ1n) is 8.23. The second-order valence-corrected chi connectivity index (χ2v) is 5.95. The summed E-state index contributed by atoms with van der Waals surface area (Å²) >= 11 is 6.05. The van der Waals surface area contributed by atoms with Crippen molar-refractivity contribution in [3.05, 3.63) is 58.9 Å². The van der Waals surface area contributed by atoms with Crippen molar-refractivity contribution in [3.63, 3.8) is 0 Å². The van der Waals surface area contributed by atoms with Crippen LogP contribution in [-0.4, -0.2) is 39.8 Å². The first-order chi connectivity index (χ1) is 13.1. The van der Waals surface area contributed by atoms with E-state index < -0.39 is 0 Å². The summed E-state index contributed by atoms with van der Waals surface area (Å²) in [5.74, 6) is 0.975. The van der Waals surface area contributed by atoms with Crippen LogP contribution in [0.2, 0.25) is 5.02 Å². The number of nitrogens with one attached hydrogen (secondary N) is 1. The number of halogens is 1. The van der Waals surface area contributed by atoms with Gasteiger partial charge in [-0.05, 0) is 53.2 Å². The third-order valence-corrected chi connectivity index (χ3v) is 4.02. The minimum atomic E-state index is -0.296. The summed E-state index contributed by atoms with van der Waals surface area (Å²) in [5, 5.41) is 14.3. The van der Waals surface area contributed by atoms with Gasteiger partial charge < -0.3 is 14.8 Å². The minimum absolute atomic E-state index is 0.296. The Morgan fingerprint density at radius 2 is 2.07 bits per heavy atom. The molecule has 9 heteroatoms. The molecule has 0 bridgehead atoms. The number of methoxy groups -OCH3 is 1. The Kier molecular flexibility index (Phi) is 5.87. The summed E-state index contributed by atoms with van der Waals surface area (Å²) in [6, 6.07) is 10.4. The van der Waals surface area contributed by atoms with Crippen LogP contribution in [0.1, 0.15) is 22.8 Å². The topological polar surface area (TPSA) is 91.2 Å². The van der Waals surface area contributed by atoms with Gasteiger partial charge in [0, 0.05) is 11.6 Å². The van der Waals surface area contributed by atoms with Crippen molar-refractivity contribution in [1.82, 2.24) is 25.5 Å². The number of ether oxygens (including phenoxy) is 2. The van der Waals surface area contributed by atoms with E-state index >= 15 is 0 Å². The molecule has 27 heavy (non-hydrogen) atoms. The third kappa shape index (κ3) is 4.35. The van der Waals surface area contributed by atoms with E-state index in [-0.39, 0.29) is 5.91 Å². The van der Waals surface area contributed by atoms with Crippen LogP contribution in [0.15, 0.2) is 42.7 Å². The largest absolute Gasteiger partial charge is 0.493 e. The van der Waals surface area contributed by atoms with Crippen molar-refractivity contribution in [2.75, 3.05) is 13.7 Å². The van der Waals surface area contributed by atoms with E-state index in [0.29, 0.717) is 40.9 Å². The van der Waals surface area contributed by atoms with Crippen LogP contribution in [0, 0.1) is 0 Å². The molecular weight excluding hydrogens is 370 g/mol. The highest BCUT2D eigenvalue weighted by Crippen LogP contribution is 2.28. The van der Waals surface area contributed by atoms with Crippen LogP contribution in [0.5, 0.6) is 11.5 Å². The van der Waals surface area contributed by atoms with Crippen LogP contribution in [0.25, 0.3) is 5.69 Å². The van der Waals surface area contributed by atoms with Crippen LogP contribution in [-0.2, 0) is 6.54 Å². The molecule has 0 atom stereocenters. The predicted octanol–water partition coefficient (Wildman–Crippen LogP) is 2.65. The van der Waals surface area contributed by atoms with Crippen LogP contribution < -0.4 is 14.8 Å². The van der Waals surface area contributed by atoms with Gasteiger partial charge in [-0.15, -0.1) is 5.10 Å². The maximum atomic E-state index is 12.7. The highest BCUT2D eigenvalue weighted by Gasteiger charge is 2.15. The van der Waals surface area contributed by atoms with Crippen molar-refractivity contribution < 1.29 is 14.3 Å². The molecule has 0 unspecified atom stereocenters. The summed E-state index contributed by atoms with van der Waals surface area (Å²) in [6.45, 7) is 2.76. The number of amides is 1. The first kappa shape index (κ1) is 18.7. The molecule has 0 fully saturated rings. The molecule has 0 aliphatic heterocycles. The Hall–Kier alpha value is -3.13. The molecule has 0 radical (unpaired) electrons. The Labute approximate surface area is 161 Å². The number of benzene rings is 2. The Bertz CT molecular complexity index is 931. The van der Waals surface area contributed by atoms with E-state index in [1.54, 1.807) is 25.3 Å². The number of aromatic nitrogens is 4. The molecular formula is C18H18ClN5O3. The van der Waals surface area contributed by atoms with Gasteiger partial charge in [-0.1, -0.05) is 17.7 Å². The van der Waals surface area contributed by atoms with Gasteiger partial charge in [0.15, 0.2) is 11.5 Å². The fraction of sp³-hybridized carbons (Fsp3) is 0.222. The van der Waals surface area contributed by atoms with Crippen molar-refractivity contribution in [2.45, 2.75) is 13.5 Å². The molecule has 2 aromatic carbocycles. The molecule has 8 nitrogen and oxygen atoms in total. The van der Waals surface area contributed by atoms with Crippen molar-refractivity contribution in [2.24, 2.45) is 0 Å². The van der Waals surface area contributed by atoms with Crippen molar-refractivity contribution in [1.29, 1.82) is 0 Å². The molecule has 1 amide bonds. The number of nitrogens with zero attached hydrogens (tertiary/aromatic N) is 4. The summed E-state index contributed by atoms with van der Waals surface area (Å²) < 4.78 is 12.2. The highest BCUT2D eigenvalue weighted by atomic mass is 35.5. The molecule has 0 saturated heterocycles. The highest BCUT2D eigenvalue weighted by molar-refractivity contribution is 6.31. The SMILES string of the molecule is CCOc1ccc(CNC(=O)c2cc(Cl)ccc2-n2cnnn2)cc1OC. The lowest BCUT2D eigenvalue weighted by molar-refractivity contribution is 0.0950. The van der Waals surface area contributed by atoms with E-state index in [1.165, 1.54) is 11.0 Å². The Balaban J connectivity index is 1.78. The van der Waals surface area contributed by atoms with Gasteiger partial charge in [-0.2, -0.15) is 4.68 Å². The lowest BCUT2D eigenvalue weighted by atomic mass is 10.1. The molecule has 1 N–H and O–H groups in total. The molecule has 3 rings (SSSR count). The smallest absolute Gasteiger partial charge is 0.253 e. The van der Waals surface area contributed by atoms with Crippen LogP contribution >= 0.6 is 11.6 Å². The number of carbonyl (C=O) groups excluding carboxylic acids is 1. The number of rotatable bonds is 7. The molecule has 3 aromatic rings. The number of carbonyl (C=O) groups is 1. The zero-order valence-corrected chi connectivity index (χ0v) is 15.6. The van der Waals surface area contributed by atoms with Gasteiger partial charge in [-0.25, -0.2) is 0 Å². The lowest BCUT2D eigenvalue weighted by Gasteiger charge is -2.13. The fourth-order valence-corrected chi connectivity index (χ4v) is 2.71. The molecule has 0 aliphatic carbocycles. The number of tetrazole rings is 1. The minimum Gasteiger partial charge on any atom is -0.493 e. The van der Waals surface area contributed by atoms with E-state index in [2.05, 4.69) is 20.8 Å². The van der Waals surface area contributed by atoms with Gasteiger partial charge in [0.25, 0.3) is 5.91 Å². The maximum Gasteiger partial charge on any atom is 0.253 e. The molecule has 0 spiro atoms. The summed E-state index contributed by atoms with van der Waals surface area (Å²) in [7, 11) is 1.57. The average molecular weight is 388 g/mol. The standard InChI is InChI=1S/C18H18ClN5O3/c1-3-27-16-7-4-12(8-17(16)26-2)10-20-18(25)14-9-13(19)5-6-15(14)24-11-21-22-23-24/h4-9,11H,3,10H2,1-2H3,(H,20,25). The second-order valence-electron chi connectivity index (χ2n) is 5.52. The molecule has 140 valence electrons. The van der Waals surface area contributed by atoms with Gasteiger partial charge in [0.2, 0.25) is 0 Å².